The molecule has 1 atom stereocenters. The van der Waals surface area contributed by atoms with Crippen LogP contribution >= 0.6 is 0 Å². The average molecular weight is 508 g/mol. The maximum Gasteiger partial charge on any atom is 0.137 e. The van der Waals surface area contributed by atoms with E-state index in [1.54, 1.807) is 24.3 Å². The van der Waals surface area contributed by atoms with E-state index in [4.69, 9.17) is 0 Å². The highest BCUT2D eigenvalue weighted by molar-refractivity contribution is 6.14. The molecule has 2 aliphatic rings. The maximum atomic E-state index is 10.2. The zero-order valence-corrected chi connectivity index (χ0v) is 21.1. The molecule has 1 unspecified atom stereocenters. The third-order valence-corrected chi connectivity index (χ3v) is 7.57. The highest BCUT2D eigenvalue weighted by Crippen LogP contribution is 2.41. The molecule has 0 heterocycles. The molecular weight excluding hydrogens is 490 g/mol. The van der Waals surface area contributed by atoms with Crippen LogP contribution in [0.4, 0.5) is 0 Å². The van der Waals surface area contributed by atoms with Crippen LogP contribution in [-0.4, -0.2) is 0 Å². The van der Waals surface area contributed by atoms with Gasteiger partial charge >= 0.3 is 0 Å². The van der Waals surface area contributed by atoms with Crippen LogP contribution in [0.25, 0.3) is 32.7 Å². The number of hydrogen-bond acceptors (Lipinski definition) is 5. The Morgan fingerprint density at radius 1 is 0.675 bits per heavy atom. The van der Waals surface area contributed by atoms with Crippen LogP contribution in [0.5, 0.6) is 0 Å². The summed E-state index contributed by atoms with van der Waals surface area (Å²) in [7, 11) is 0. The molecule has 0 saturated carbocycles. The number of benzene rings is 4. The Balaban J connectivity index is 1.93. The van der Waals surface area contributed by atoms with E-state index in [1.165, 1.54) is 0 Å². The Morgan fingerprint density at radius 2 is 1.35 bits per heavy atom. The minimum Gasteiger partial charge on any atom is -0.192 e. The fourth-order valence-corrected chi connectivity index (χ4v) is 5.87. The molecule has 0 spiro atoms. The first kappa shape index (κ1) is 24.2. The summed E-state index contributed by atoms with van der Waals surface area (Å²) in [6.45, 7) is 0. The van der Waals surface area contributed by atoms with Gasteiger partial charge in [-0.2, -0.15) is 26.3 Å². The Labute approximate surface area is 230 Å². The summed E-state index contributed by atoms with van der Waals surface area (Å²) >= 11 is 0. The summed E-state index contributed by atoms with van der Waals surface area (Å²) in [5.74, 6) is -0.214. The first-order valence-corrected chi connectivity index (χ1v) is 12.6. The molecule has 5 nitrogen and oxygen atoms in total. The largest absolute Gasteiger partial charge is 0.192 e. The van der Waals surface area contributed by atoms with Crippen molar-refractivity contribution in [2.24, 2.45) is 5.92 Å². The summed E-state index contributed by atoms with van der Waals surface area (Å²) in [6.07, 6.45) is 6.13. The van der Waals surface area contributed by atoms with Crippen molar-refractivity contribution in [1.29, 1.82) is 26.3 Å². The predicted octanol–water partition coefficient (Wildman–Crippen LogP) is 5.47. The number of nitriles is 5. The summed E-state index contributed by atoms with van der Waals surface area (Å²) in [4.78, 5) is 0. The highest BCUT2D eigenvalue weighted by atomic mass is 14.4. The molecule has 6 rings (SSSR count). The highest BCUT2D eigenvalue weighted by Gasteiger charge is 2.32. The third kappa shape index (κ3) is 3.58. The molecule has 4 aromatic rings. The lowest BCUT2D eigenvalue weighted by atomic mass is 9.81. The summed E-state index contributed by atoms with van der Waals surface area (Å²) in [5.41, 5.74) is 4.46. The molecule has 0 radical (unpaired) electrons. The van der Waals surface area contributed by atoms with Crippen molar-refractivity contribution >= 4 is 32.7 Å². The minimum absolute atomic E-state index is 0.0114. The van der Waals surface area contributed by atoms with Gasteiger partial charge in [-0.05, 0) is 85.5 Å². The molecule has 0 saturated heterocycles. The van der Waals surface area contributed by atoms with Crippen molar-refractivity contribution in [2.75, 3.05) is 0 Å². The molecule has 5 heteroatoms. The molecule has 0 amide bonds. The average Bonchev–Trinajstić information content (AvgIpc) is 3.38. The number of fused-ring (bicyclic) bond motifs is 6. The van der Waals surface area contributed by atoms with Gasteiger partial charge in [0.1, 0.15) is 17.7 Å². The van der Waals surface area contributed by atoms with Gasteiger partial charge in [0.25, 0.3) is 0 Å². The van der Waals surface area contributed by atoms with Crippen molar-refractivity contribution in [3.05, 3.63) is 129 Å². The quantitative estimate of drug-likeness (QED) is 0.263. The summed E-state index contributed by atoms with van der Waals surface area (Å²) < 4.78 is 0. The second-order valence-corrected chi connectivity index (χ2v) is 9.59. The van der Waals surface area contributed by atoms with Gasteiger partial charge < -0.3 is 0 Å². The standard InChI is InChI=1S/C35H17N5/c36-16-21-5-10-24(11-6-21)31-33(26(19-39)20-40)32(25-12-7-22(17-37)8-13-25)35-30-15-23(18-38)9-14-28(30)27-3-1-2-4-29(27)34(31)35/h1-12,14-15,25H,13H2. The molecular formula is C35H17N5. The maximum absolute atomic E-state index is 10.2. The van der Waals surface area contributed by atoms with Gasteiger partial charge in [0.15, 0.2) is 0 Å². The minimum atomic E-state index is -0.214. The molecule has 182 valence electrons. The normalized spacial score (nSPS) is 15.4. The van der Waals surface area contributed by atoms with E-state index >= 15 is 0 Å². The van der Waals surface area contributed by atoms with E-state index in [9.17, 15) is 26.3 Å². The molecule has 0 aromatic heterocycles. The lowest BCUT2D eigenvalue weighted by molar-refractivity contribution is 0.836. The number of allylic oxidation sites excluding steroid dienone is 6. The zero-order chi connectivity index (χ0) is 27.8. The van der Waals surface area contributed by atoms with Crippen LogP contribution < -0.4 is 10.4 Å². The molecule has 0 fully saturated rings. The van der Waals surface area contributed by atoms with Crippen LogP contribution in [0.3, 0.4) is 0 Å². The van der Waals surface area contributed by atoms with E-state index in [0.29, 0.717) is 28.7 Å². The lowest BCUT2D eigenvalue weighted by Gasteiger charge is -2.20. The van der Waals surface area contributed by atoms with Gasteiger partial charge in [-0.1, -0.05) is 54.6 Å². The van der Waals surface area contributed by atoms with Crippen LogP contribution in [0.15, 0.2) is 102 Å². The Bertz CT molecular complexity index is 2210. The number of rotatable bonds is 2. The zero-order valence-electron chi connectivity index (χ0n) is 21.1. The van der Waals surface area contributed by atoms with Crippen molar-refractivity contribution in [2.45, 2.75) is 6.42 Å². The van der Waals surface area contributed by atoms with E-state index in [1.807, 2.05) is 60.7 Å². The Kier molecular flexibility index (Phi) is 5.80. The fourth-order valence-electron chi connectivity index (χ4n) is 5.87. The van der Waals surface area contributed by atoms with Gasteiger partial charge in [-0.15, -0.1) is 0 Å². The second-order valence-electron chi connectivity index (χ2n) is 9.59. The van der Waals surface area contributed by atoms with Gasteiger partial charge in [0.2, 0.25) is 0 Å². The van der Waals surface area contributed by atoms with Crippen LogP contribution in [0.2, 0.25) is 0 Å². The third-order valence-electron chi connectivity index (χ3n) is 7.57. The van der Waals surface area contributed by atoms with Crippen molar-refractivity contribution in [3.8, 4) is 30.3 Å². The van der Waals surface area contributed by atoms with E-state index in [2.05, 4.69) is 30.3 Å². The Hall–Kier alpha value is -6.19. The number of hydrogen-bond donors (Lipinski definition) is 0. The second kappa shape index (κ2) is 9.60. The molecule has 0 aliphatic heterocycles. The fraction of sp³-hybridized carbons (Fsp3) is 0.0571. The van der Waals surface area contributed by atoms with Crippen molar-refractivity contribution < 1.29 is 0 Å². The first-order chi connectivity index (χ1) is 19.6. The predicted molar refractivity (Wildman–Crippen MR) is 152 cm³/mol. The molecule has 2 aliphatic carbocycles. The Morgan fingerprint density at radius 3 is 1.98 bits per heavy atom. The SMILES string of the molecule is N#CC1=CCC(C2=c3c(c4ccccc4c4ccc(C#N)cc34)=C(c3ccc(C#N)cc3)C2=C(C#N)C#N)C=C1. The van der Waals surface area contributed by atoms with Crippen LogP contribution in [0, 0.1) is 62.6 Å². The summed E-state index contributed by atoms with van der Waals surface area (Å²) in [6, 6.07) is 31.7. The molecule has 0 bridgehead atoms. The molecule has 40 heavy (non-hydrogen) atoms. The molecule has 0 N–H and O–H groups in total. The summed E-state index contributed by atoms with van der Waals surface area (Å²) in [5, 5.41) is 54.6. The topological polar surface area (TPSA) is 119 Å². The number of nitrogens with zero attached hydrogens (tertiary/aromatic N) is 5. The van der Waals surface area contributed by atoms with Crippen LogP contribution in [-0.2, 0) is 0 Å². The van der Waals surface area contributed by atoms with Gasteiger partial charge in [0.05, 0.1) is 29.3 Å². The van der Waals surface area contributed by atoms with E-state index in [-0.39, 0.29) is 11.5 Å². The van der Waals surface area contributed by atoms with Crippen molar-refractivity contribution in [3.63, 3.8) is 0 Å². The molecule has 4 aromatic carbocycles. The lowest BCUT2D eigenvalue weighted by Crippen LogP contribution is -2.28. The smallest absolute Gasteiger partial charge is 0.137 e. The van der Waals surface area contributed by atoms with Crippen molar-refractivity contribution in [1.82, 2.24) is 0 Å². The van der Waals surface area contributed by atoms with Gasteiger partial charge in [0, 0.05) is 17.1 Å². The van der Waals surface area contributed by atoms with Gasteiger partial charge in [-0.3, -0.25) is 0 Å². The monoisotopic (exact) mass is 507 g/mol. The van der Waals surface area contributed by atoms with Crippen LogP contribution in [0.1, 0.15) is 23.1 Å². The van der Waals surface area contributed by atoms with E-state index < -0.39 is 0 Å². The van der Waals surface area contributed by atoms with E-state index in [0.717, 1.165) is 48.7 Å². The first-order valence-electron chi connectivity index (χ1n) is 12.6. The van der Waals surface area contributed by atoms with Gasteiger partial charge in [-0.25, -0.2) is 0 Å².